The quantitative estimate of drug-likeness (QED) is 0.314. The molecule has 6 heteroatoms. The van der Waals surface area contributed by atoms with E-state index in [-0.39, 0.29) is 11.3 Å². The predicted molar refractivity (Wildman–Crippen MR) is 85.2 cm³/mol. The van der Waals surface area contributed by atoms with Crippen molar-refractivity contribution in [1.29, 1.82) is 0 Å². The summed E-state index contributed by atoms with van der Waals surface area (Å²) in [5, 5.41) is 0. The molecule has 1 rings (SSSR count). The third kappa shape index (κ3) is 5.87. The van der Waals surface area contributed by atoms with Crippen LogP contribution in [0.15, 0.2) is 30.9 Å². The summed E-state index contributed by atoms with van der Waals surface area (Å²) in [6.07, 6.45) is 4.42. The Bertz CT molecular complexity index is 529. The minimum Gasteiger partial charge on any atom is -0.463 e. The molecule has 0 heterocycles. The first kappa shape index (κ1) is 17.6. The Morgan fingerprint density at radius 3 is 2.32 bits per heavy atom. The van der Waals surface area contributed by atoms with E-state index in [1.165, 1.54) is 0 Å². The van der Waals surface area contributed by atoms with Crippen LogP contribution in [-0.4, -0.2) is 25.2 Å². The van der Waals surface area contributed by atoms with Crippen molar-refractivity contribution in [3.8, 4) is 0 Å². The molecule has 0 saturated heterocycles. The normalized spacial score (nSPS) is 10.0. The Labute approximate surface area is 130 Å². The van der Waals surface area contributed by atoms with E-state index in [2.05, 4.69) is 6.58 Å². The highest BCUT2D eigenvalue weighted by Crippen LogP contribution is 2.20. The maximum absolute atomic E-state index is 11.8. The van der Waals surface area contributed by atoms with E-state index in [4.69, 9.17) is 20.9 Å². The lowest BCUT2D eigenvalue weighted by atomic mass is 10.1. The van der Waals surface area contributed by atoms with E-state index in [1.807, 2.05) is 0 Å². The van der Waals surface area contributed by atoms with E-state index in [9.17, 15) is 9.59 Å². The second-order valence-corrected chi connectivity index (χ2v) is 4.73. The Hall–Kier alpha value is -2.50. The highest BCUT2D eigenvalue weighted by atomic mass is 16.5. The molecule has 0 aliphatic carbocycles. The van der Waals surface area contributed by atoms with Crippen LogP contribution in [0.1, 0.15) is 36.0 Å². The van der Waals surface area contributed by atoms with Crippen molar-refractivity contribution in [3.05, 3.63) is 36.4 Å². The second-order valence-electron chi connectivity index (χ2n) is 4.73. The Morgan fingerprint density at radius 2 is 1.68 bits per heavy atom. The molecule has 0 spiro atoms. The summed E-state index contributed by atoms with van der Waals surface area (Å²) in [4.78, 5) is 22.6. The zero-order chi connectivity index (χ0) is 16.4. The summed E-state index contributed by atoms with van der Waals surface area (Å²) in [7, 11) is 0. The molecule has 1 aromatic rings. The van der Waals surface area contributed by atoms with Crippen molar-refractivity contribution in [3.63, 3.8) is 0 Å². The Balaban J connectivity index is 2.14. The monoisotopic (exact) mass is 306 g/mol. The first-order chi connectivity index (χ1) is 10.6. The standard InChI is InChI=1S/C16H22N2O4/c1-2-14(19)21-10-5-3-4-6-11-22-16(20)12-8-7-9-13(17)15(12)18/h2,7-9H,1,3-6,10-11,17-18H2. The second kappa shape index (κ2) is 9.44. The topological polar surface area (TPSA) is 105 Å². The molecular formula is C16H22N2O4. The van der Waals surface area contributed by atoms with Crippen molar-refractivity contribution in [2.75, 3.05) is 24.7 Å². The predicted octanol–water partition coefficient (Wildman–Crippen LogP) is 2.30. The Kier molecular flexibility index (Phi) is 7.53. The largest absolute Gasteiger partial charge is 0.463 e. The lowest BCUT2D eigenvalue weighted by Gasteiger charge is -2.08. The molecular weight excluding hydrogens is 284 g/mol. The van der Waals surface area contributed by atoms with Gasteiger partial charge in [-0.15, -0.1) is 0 Å². The molecule has 0 saturated carbocycles. The fraction of sp³-hybridized carbons (Fsp3) is 0.375. The number of anilines is 2. The van der Waals surface area contributed by atoms with Crippen LogP contribution in [0, 0.1) is 0 Å². The van der Waals surface area contributed by atoms with Gasteiger partial charge in [0, 0.05) is 6.08 Å². The molecule has 0 aliphatic heterocycles. The van der Waals surface area contributed by atoms with Crippen LogP contribution in [0.3, 0.4) is 0 Å². The van der Waals surface area contributed by atoms with Crippen LogP contribution in [0.4, 0.5) is 11.4 Å². The van der Waals surface area contributed by atoms with E-state index in [1.54, 1.807) is 18.2 Å². The fourth-order valence-corrected chi connectivity index (χ4v) is 1.79. The van der Waals surface area contributed by atoms with Gasteiger partial charge in [-0.2, -0.15) is 0 Å². The van der Waals surface area contributed by atoms with Gasteiger partial charge in [0.25, 0.3) is 0 Å². The number of esters is 2. The number of para-hydroxylation sites is 1. The number of benzene rings is 1. The number of ether oxygens (including phenoxy) is 2. The summed E-state index contributed by atoms with van der Waals surface area (Å²) in [6, 6.07) is 4.88. The number of carbonyl (C=O) groups excluding carboxylic acids is 2. The van der Waals surface area contributed by atoms with Crippen molar-refractivity contribution >= 4 is 23.3 Å². The van der Waals surface area contributed by atoms with Crippen LogP contribution in [-0.2, 0) is 14.3 Å². The van der Waals surface area contributed by atoms with Crippen LogP contribution < -0.4 is 11.5 Å². The number of rotatable bonds is 9. The first-order valence-electron chi connectivity index (χ1n) is 7.16. The van der Waals surface area contributed by atoms with Gasteiger partial charge in [-0.3, -0.25) is 0 Å². The van der Waals surface area contributed by atoms with Gasteiger partial charge in [-0.1, -0.05) is 12.6 Å². The summed E-state index contributed by atoms with van der Waals surface area (Å²) < 4.78 is 10.0. The van der Waals surface area contributed by atoms with Crippen LogP contribution in [0.5, 0.6) is 0 Å². The molecule has 6 nitrogen and oxygen atoms in total. The molecule has 0 atom stereocenters. The maximum Gasteiger partial charge on any atom is 0.340 e. The van der Waals surface area contributed by atoms with E-state index >= 15 is 0 Å². The number of nitrogens with two attached hydrogens (primary N) is 2. The lowest BCUT2D eigenvalue weighted by Crippen LogP contribution is -2.10. The summed E-state index contributed by atoms with van der Waals surface area (Å²) >= 11 is 0. The van der Waals surface area contributed by atoms with Gasteiger partial charge in [-0.25, -0.2) is 9.59 Å². The molecule has 0 radical (unpaired) electrons. The number of hydrogen-bond acceptors (Lipinski definition) is 6. The zero-order valence-corrected chi connectivity index (χ0v) is 12.5. The first-order valence-corrected chi connectivity index (χ1v) is 7.16. The number of unbranched alkanes of at least 4 members (excludes halogenated alkanes) is 3. The van der Waals surface area contributed by atoms with Crippen molar-refractivity contribution < 1.29 is 19.1 Å². The molecule has 0 unspecified atom stereocenters. The van der Waals surface area contributed by atoms with Crippen molar-refractivity contribution in [2.24, 2.45) is 0 Å². The Morgan fingerprint density at radius 1 is 1.05 bits per heavy atom. The van der Waals surface area contributed by atoms with Gasteiger partial charge in [0.1, 0.15) is 0 Å². The van der Waals surface area contributed by atoms with Gasteiger partial charge in [0.15, 0.2) is 0 Å². The summed E-state index contributed by atoms with van der Waals surface area (Å²) in [6.45, 7) is 4.01. The van der Waals surface area contributed by atoms with E-state index < -0.39 is 11.9 Å². The van der Waals surface area contributed by atoms with Gasteiger partial charge in [0.2, 0.25) is 0 Å². The SMILES string of the molecule is C=CC(=O)OCCCCCCOC(=O)c1cccc(N)c1N. The van der Waals surface area contributed by atoms with Crippen LogP contribution in [0.25, 0.3) is 0 Å². The average molecular weight is 306 g/mol. The minimum atomic E-state index is -0.468. The third-order valence-corrected chi connectivity index (χ3v) is 3.04. The highest BCUT2D eigenvalue weighted by Gasteiger charge is 2.12. The average Bonchev–Trinajstić information content (AvgIpc) is 2.52. The van der Waals surface area contributed by atoms with Crippen LogP contribution in [0.2, 0.25) is 0 Å². The maximum atomic E-state index is 11.8. The van der Waals surface area contributed by atoms with E-state index in [0.717, 1.165) is 31.8 Å². The molecule has 0 amide bonds. The van der Waals surface area contributed by atoms with Crippen molar-refractivity contribution in [2.45, 2.75) is 25.7 Å². The molecule has 1 aromatic carbocycles. The van der Waals surface area contributed by atoms with Gasteiger partial charge < -0.3 is 20.9 Å². The molecule has 0 bridgehead atoms. The van der Waals surface area contributed by atoms with Gasteiger partial charge >= 0.3 is 11.9 Å². The molecule has 22 heavy (non-hydrogen) atoms. The summed E-state index contributed by atoms with van der Waals surface area (Å²) in [5.41, 5.74) is 12.3. The number of carbonyl (C=O) groups is 2. The lowest BCUT2D eigenvalue weighted by molar-refractivity contribution is -0.137. The molecule has 0 aliphatic rings. The summed E-state index contributed by atoms with van der Waals surface area (Å²) in [5.74, 6) is -0.877. The van der Waals surface area contributed by atoms with Gasteiger partial charge in [-0.05, 0) is 37.8 Å². The highest BCUT2D eigenvalue weighted by molar-refractivity contribution is 5.97. The van der Waals surface area contributed by atoms with Crippen molar-refractivity contribution in [1.82, 2.24) is 0 Å². The third-order valence-electron chi connectivity index (χ3n) is 3.04. The number of hydrogen-bond donors (Lipinski definition) is 2. The smallest absolute Gasteiger partial charge is 0.340 e. The molecule has 0 aromatic heterocycles. The number of nitrogen functional groups attached to an aromatic ring is 2. The van der Waals surface area contributed by atoms with E-state index in [0.29, 0.717) is 18.9 Å². The zero-order valence-electron chi connectivity index (χ0n) is 12.5. The van der Waals surface area contributed by atoms with Crippen LogP contribution >= 0.6 is 0 Å². The molecule has 120 valence electrons. The fourth-order valence-electron chi connectivity index (χ4n) is 1.79. The minimum absolute atomic E-state index is 0.247. The molecule has 4 N–H and O–H groups in total. The van der Waals surface area contributed by atoms with Gasteiger partial charge in [0.05, 0.1) is 30.2 Å². The molecule has 0 fully saturated rings.